The third kappa shape index (κ3) is 4.25. The second kappa shape index (κ2) is 7.04. The summed E-state index contributed by atoms with van der Waals surface area (Å²) in [6, 6.07) is 8.14. The fourth-order valence-corrected chi connectivity index (χ4v) is 2.48. The molecule has 1 heterocycles. The molecule has 0 unspecified atom stereocenters. The van der Waals surface area contributed by atoms with Crippen molar-refractivity contribution in [3.05, 3.63) is 59.4 Å². The first-order chi connectivity index (χ1) is 10.8. The Morgan fingerprint density at radius 1 is 1.22 bits per heavy atom. The van der Waals surface area contributed by atoms with E-state index in [1.54, 1.807) is 18.7 Å². The van der Waals surface area contributed by atoms with Gasteiger partial charge in [0.25, 0.3) is 5.91 Å². The van der Waals surface area contributed by atoms with Crippen LogP contribution in [0.15, 0.2) is 47.6 Å². The maximum Gasteiger partial charge on any atom is 0.418 e. The molecule has 0 saturated heterocycles. The van der Waals surface area contributed by atoms with E-state index < -0.39 is 29.3 Å². The van der Waals surface area contributed by atoms with Crippen molar-refractivity contribution in [3.8, 4) is 0 Å². The number of thioether (sulfide) groups is 1. The Hall–Kier alpha value is -2.02. The van der Waals surface area contributed by atoms with E-state index >= 15 is 0 Å². The molecule has 3 nitrogen and oxygen atoms in total. The van der Waals surface area contributed by atoms with Crippen LogP contribution in [0.1, 0.15) is 34.5 Å². The van der Waals surface area contributed by atoms with Gasteiger partial charge in [-0.05, 0) is 36.9 Å². The highest BCUT2D eigenvalue weighted by atomic mass is 32.2. The number of rotatable bonds is 4. The molecule has 0 aliphatic rings. The summed E-state index contributed by atoms with van der Waals surface area (Å²) in [5.41, 5.74) is -0.652. The topological polar surface area (TPSA) is 42.0 Å². The standard InChI is InChI=1S/C16H15F3N2OS/c1-10(11-3-5-12(23-2)6-4-11)21-15(22)13-7-8-20-9-14(13)16(17,18)19/h3-10H,1-2H3,(H,21,22)/t10-/m1/s1. The molecule has 0 saturated carbocycles. The van der Waals surface area contributed by atoms with Crippen LogP contribution in [-0.2, 0) is 6.18 Å². The van der Waals surface area contributed by atoms with Gasteiger partial charge in [0.1, 0.15) is 0 Å². The number of carbonyl (C=O) groups excluding carboxylic acids is 1. The van der Waals surface area contributed by atoms with Crippen LogP contribution >= 0.6 is 11.8 Å². The highest BCUT2D eigenvalue weighted by Gasteiger charge is 2.35. The van der Waals surface area contributed by atoms with Gasteiger partial charge in [-0.3, -0.25) is 9.78 Å². The lowest BCUT2D eigenvalue weighted by Crippen LogP contribution is -2.29. The van der Waals surface area contributed by atoms with Gasteiger partial charge in [-0.25, -0.2) is 0 Å². The SMILES string of the molecule is CSc1ccc([C@@H](C)NC(=O)c2ccncc2C(F)(F)F)cc1. The zero-order valence-electron chi connectivity index (χ0n) is 12.5. The van der Waals surface area contributed by atoms with Crippen LogP contribution < -0.4 is 5.32 Å². The molecule has 0 fully saturated rings. The summed E-state index contributed by atoms with van der Waals surface area (Å²) in [4.78, 5) is 16.7. The van der Waals surface area contributed by atoms with E-state index in [9.17, 15) is 18.0 Å². The molecule has 1 amide bonds. The predicted octanol–water partition coefficient (Wildman–Crippen LogP) is 4.31. The first kappa shape index (κ1) is 17.3. The number of pyridine rings is 1. The molecule has 0 spiro atoms. The number of benzene rings is 1. The second-order valence-corrected chi connectivity index (χ2v) is 5.77. The Kier molecular flexibility index (Phi) is 5.30. The number of hydrogen-bond donors (Lipinski definition) is 1. The zero-order valence-corrected chi connectivity index (χ0v) is 13.3. The average Bonchev–Trinajstić information content (AvgIpc) is 2.54. The molecule has 7 heteroatoms. The largest absolute Gasteiger partial charge is 0.418 e. The molecule has 0 bridgehead atoms. The lowest BCUT2D eigenvalue weighted by molar-refractivity contribution is -0.138. The third-order valence-electron chi connectivity index (χ3n) is 3.33. The zero-order chi connectivity index (χ0) is 17.0. The minimum Gasteiger partial charge on any atom is -0.346 e. The van der Waals surface area contributed by atoms with Crippen LogP contribution in [0.3, 0.4) is 0 Å². The minimum absolute atomic E-state index is 0.410. The van der Waals surface area contributed by atoms with E-state index in [0.717, 1.165) is 16.5 Å². The number of carbonyl (C=O) groups is 1. The molecule has 122 valence electrons. The van der Waals surface area contributed by atoms with Crippen molar-refractivity contribution >= 4 is 17.7 Å². The van der Waals surface area contributed by atoms with Crippen molar-refractivity contribution in [3.63, 3.8) is 0 Å². The summed E-state index contributed by atoms with van der Waals surface area (Å²) < 4.78 is 38.8. The molecular weight excluding hydrogens is 325 g/mol. The molecule has 2 rings (SSSR count). The quantitative estimate of drug-likeness (QED) is 0.843. The summed E-state index contributed by atoms with van der Waals surface area (Å²) in [6.07, 6.45) is -0.846. The minimum atomic E-state index is -4.62. The molecule has 1 N–H and O–H groups in total. The average molecular weight is 340 g/mol. The van der Waals surface area contributed by atoms with Gasteiger partial charge in [0, 0.05) is 17.3 Å². The fourth-order valence-electron chi connectivity index (χ4n) is 2.07. The first-order valence-electron chi connectivity index (χ1n) is 6.79. The lowest BCUT2D eigenvalue weighted by Gasteiger charge is -2.17. The number of halogens is 3. The molecule has 23 heavy (non-hydrogen) atoms. The van der Waals surface area contributed by atoms with Crippen LogP contribution in [-0.4, -0.2) is 17.1 Å². The molecule has 1 aromatic carbocycles. The number of alkyl halides is 3. The first-order valence-corrected chi connectivity index (χ1v) is 8.01. The van der Waals surface area contributed by atoms with E-state index in [0.29, 0.717) is 6.20 Å². The predicted molar refractivity (Wildman–Crippen MR) is 83.3 cm³/mol. The monoisotopic (exact) mass is 340 g/mol. The summed E-state index contributed by atoms with van der Waals surface area (Å²) in [7, 11) is 0. The van der Waals surface area contributed by atoms with Crippen molar-refractivity contribution in [1.82, 2.24) is 10.3 Å². The molecule has 2 aromatic rings. The highest BCUT2D eigenvalue weighted by molar-refractivity contribution is 7.98. The van der Waals surface area contributed by atoms with Crippen molar-refractivity contribution in [2.75, 3.05) is 6.26 Å². The molecule has 1 atom stereocenters. The molecule has 0 aliphatic heterocycles. The van der Waals surface area contributed by atoms with E-state index in [1.807, 2.05) is 30.5 Å². The third-order valence-corrected chi connectivity index (χ3v) is 4.08. The van der Waals surface area contributed by atoms with Gasteiger partial charge in [-0.2, -0.15) is 13.2 Å². The highest BCUT2D eigenvalue weighted by Crippen LogP contribution is 2.31. The van der Waals surface area contributed by atoms with Crippen LogP contribution in [0.5, 0.6) is 0 Å². The Morgan fingerprint density at radius 3 is 2.43 bits per heavy atom. The van der Waals surface area contributed by atoms with Gasteiger partial charge in [0.15, 0.2) is 0 Å². The van der Waals surface area contributed by atoms with Crippen LogP contribution in [0.2, 0.25) is 0 Å². The Bertz CT molecular complexity index is 686. The van der Waals surface area contributed by atoms with E-state index in [-0.39, 0.29) is 0 Å². The van der Waals surface area contributed by atoms with Crippen molar-refractivity contribution < 1.29 is 18.0 Å². The van der Waals surface area contributed by atoms with E-state index in [1.165, 1.54) is 6.20 Å². The summed E-state index contributed by atoms with van der Waals surface area (Å²) in [5.74, 6) is -0.777. The fraction of sp³-hybridized carbons (Fsp3) is 0.250. The molecule has 0 radical (unpaired) electrons. The van der Waals surface area contributed by atoms with Crippen molar-refractivity contribution in [2.45, 2.75) is 24.0 Å². The van der Waals surface area contributed by atoms with Gasteiger partial charge in [0.2, 0.25) is 0 Å². The number of nitrogens with one attached hydrogen (secondary N) is 1. The Labute approximate surface area is 136 Å². The molecule has 1 aromatic heterocycles. The maximum absolute atomic E-state index is 12.9. The van der Waals surface area contributed by atoms with Crippen LogP contribution in [0.25, 0.3) is 0 Å². The van der Waals surface area contributed by atoms with Gasteiger partial charge in [-0.1, -0.05) is 12.1 Å². The van der Waals surface area contributed by atoms with Crippen molar-refractivity contribution in [2.24, 2.45) is 0 Å². The van der Waals surface area contributed by atoms with Gasteiger partial charge >= 0.3 is 6.18 Å². The molecular formula is C16H15F3N2OS. The van der Waals surface area contributed by atoms with Crippen LogP contribution in [0, 0.1) is 0 Å². The summed E-state index contributed by atoms with van der Waals surface area (Å²) in [5, 5.41) is 2.59. The number of hydrogen-bond acceptors (Lipinski definition) is 3. The van der Waals surface area contributed by atoms with Gasteiger partial charge < -0.3 is 5.32 Å². The Morgan fingerprint density at radius 2 is 1.87 bits per heavy atom. The maximum atomic E-state index is 12.9. The molecule has 0 aliphatic carbocycles. The summed E-state index contributed by atoms with van der Waals surface area (Å²) in [6.45, 7) is 1.72. The van der Waals surface area contributed by atoms with Crippen LogP contribution in [0.4, 0.5) is 13.2 Å². The normalized spacial score (nSPS) is 12.7. The Balaban J connectivity index is 2.18. The lowest BCUT2D eigenvalue weighted by atomic mass is 10.1. The van der Waals surface area contributed by atoms with Crippen molar-refractivity contribution in [1.29, 1.82) is 0 Å². The van der Waals surface area contributed by atoms with E-state index in [2.05, 4.69) is 10.3 Å². The smallest absolute Gasteiger partial charge is 0.346 e. The number of aromatic nitrogens is 1. The van der Waals surface area contributed by atoms with E-state index in [4.69, 9.17) is 0 Å². The summed E-state index contributed by atoms with van der Waals surface area (Å²) >= 11 is 1.59. The van der Waals surface area contributed by atoms with Gasteiger partial charge in [-0.15, -0.1) is 11.8 Å². The second-order valence-electron chi connectivity index (χ2n) is 4.89. The number of amides is 1. The number of nitrogens with zero attached hydrogens (tertiary/aromatic N) is 1. The van der Waals surface area contributed by atoms with Gasteiger partial charge in [0.05, 0.1) is 17.2 Å².